The molecule has 6 nitrogen and oxygen atoms in total. The molecule has 1 aliphatic rings. The molecule has 0 atom stereocenters. The molecule has 1 heterocycles. The summed E-state index contributed by atoms with van der Waals surface area (Å²) >= 11 is 3.13. The highest BCUT2D eigenvalue weighted by Gasteiger charge is 2.34. The molecule has 2 aromatic carbocycles. The first-order valence-corrected chi connectivity index (χ1v) is 11.9. The standard InChI is InChI=1S/C23H24INO5S/c1-3-11-30-21-18(24)13-16(14-19(21)28-4-2)15-20-22(26)25(23(27)31-20)10-12-29-17-8-6-5-7-9-17/h5-9,13-15H,3-4,10-12H2,1-2H3/b20-15-. The van der Waals surface area contributed by atoms with Crippen molar-refractivity contribution in [1.29, 1.82) is 0 Å². The number of rotatable bonds is 10. The zero-order chi connectivity index (χ0) is 22.2. The van der Waals surface area contributed by atoms with E-state index in [1.807, 2.05) is 56.3 Å². The first kappa shape index (κ1) is 23.5. The predicted molar refractivity (Wildman–Crippen MR) is 131 cm³/mol. The topological polar surface area (TPSA) is 65.1 Å². The number of ether oxygens (including phenoxy) is 3. The summed E-state index contributed by atoms with van der Waals surface area (Å²) in [6.45, 7) is 5.49. The smallest absolute Gasteiger partial charge is 0.293 e. The molecule has 0 aliphatic carbocycles. The van der Waals surface area contributed by atoms with Gasteiger partial charge in [0.05, 0.1) is 28.2 Å². The molecule has 1 fully saturated rings. The summed E-state index contributed by atoms with van der Waals surface area (Å²) in [4.78, 5) is 26.7. The first-order chi connectivity index (χ1) is 15.0. The number of thioether (sulfide) groups is 1. The second kappa shape index (κ2) is 11.4. The quantitative estimate of drug-likeness (QED) is 0.282. The van der Waals surface area contributed by atoms with E-state index in [-0.39, 0.29) is 24.3 Å². The fraction of sp³-hybridized carbons (Fsp3) is 0.304. The minimum absolute atomic E-state index is 0.197. The number of nitrogens with zero attached hydrogens (tertiary/aromatic N) is 1. The maximum absolute atomic E-state index is 12.8. The third kappa shape index (κ3) is 6.16. The van der Waals surface area contributed by atoms with Gasteiger partial charge in [0.25, 0.3) is 11.1 Å². The molecule has 3 rings (SSSR count). The van der Waals surface area contributed by atoms with Crippen molar-refractivity contribution >= 4 is 51.6 Å². The van der Waals surface area contributed by atoms with Crippen LogP contribution in [0.1, 0.15) is 25.8 Å². The predicted octanol–water partition coefficient (Wildman–Crippen LogP) is 5.59. The van der Waals surface area contributed by atoms with Gasteiger partial charge in [-0.3, -0.25) is 14.5 Å². The lowest BCUT2D eigenvalue weighted by atomic mass is 10.2. The number of carbonyl (C=O) groups excluding carboxylic acids is 2. The van der Waals surface area contributed by atoms with E-state index in [0.717, 1.165) is 27.3 Å². The van der Waals surface area contributed by atoms with Gasteiger partial charge in [0.15, 0.2) is 11.5 Å². The molecule has 1 aliphatic heterocycles. The maximum atomic E-state index is 12.8. The van der Waals surface area contributed by atoms with E-state index in [2.05, 4.69) is 22.6 Å². The van der Waals surface area contributed by atoms with E-state index in [9.17, 15) is 9.59 Å². The van der Waals surface area contributed by atoms with Crippen molar-refractivity contribution in [3.8, 4) is 17.2 Å². The van der Waals surface area contributed by atoms with E-state index >= 15 is 0 Å². The molecule has 0 radical (unpaired) electrons. The van der Waals surface area contributed by atoms with Crippen molar-refractivity contribution in [2.24, 2.45) is 0 Å². The molecular formula is C23H24INO5S. The van der Waals surface area contributed by atoms with Crippen LogP contribution in [0.4, 0.5) is 4.79 Å². The highest BCUT2D eigenvalue weighted by Crippen LogP contribution is 2.37. The summed E-state index contributed by atoms with van der Waals surface area (Å²) in [5.74, 6) is 1.72. The third-order valence-electron chi connectivity index (χ3n) is 4.28. The number of carbonyl (C=O) groups is 2. The van der Waals surface area contributed by atoms with Gasteiger partial charge < -0.3 is 14.2 Å². The van der Waals surface area contributed by atoms with Crippen molar-refractivity contribution < 1.29 is 23.8 Å². The zero-order valence-corrected chi connectivity index (χ0v) is 20.4. The molecule has 8 heteroatoms. The molecule has 2 amide bonds. The van der Waals surface area contributed by atoms with Crippen LogP contribution in [0.15, 0.2) is 47.4 Å². The average Bonchev–Trinajstić information content (AvgIpc) is 3.01. The van der Waals surface area contributed by atoms with E-state index in [1.54, 1.807) is 6.08 Å². The summed E-state index contributed by atoms with van der Waals surface area (Å²) in [6, 6.07) is 13.1. The Balaban J connectivity index is 1.72. The number of imide groups is 1. The SMILES string of the molecule is CCCOc1c(I)cc(/C=C2\SC(=O)N(CCOc3ccccc3)C2=O)cc1OCC. The summed E-state index contributed by atoms with van der Waals surface area (Å²) in [5, 5.41) is -0.296. The highest BCUT2D eigenvalue weighted by atomic mass is 127. The van der Waals surface area contributed by atoms with Gasteiger partial charge in [0.2, 0.25) is 0 Å². The minimum Gasteiger partial charge on any atom is -0.492 e. The van der Waals surface area contributed by atoms with Gasteiger partial charge in [0.1, 0.15) is 12.4 Å². The fourth-order valence-electron chi connectivity index (χ4n) is 2.89. The molecular weight excluding hydrogens is 529 g/mol. The molecule has 0 saturated carbocycles. The van der Waals surface area contributed by atoms with Crippen LogP contribution in [0.3, 0.4) is 0 Å². The molecule has 0 N–H and O–H groups in total. The van der Waals surface area contributed by atoms with E-state index in [0.29, 0.717) is 35.4 Å². The molecule has 31 heavy (non-hydrogen) atoms. The van der Waals surface area contributed by atoms with Gasteiger partial charge in [-0.25, -0.2) is 0 Å². The zero-order valence-electron chi connectivity index (χ0n) is 17.4. The Labute approximate surface area is 200 Å². The van der Waals surface area contributed by atoms with Crippen LogP contribution < -0.4 is 14.2 Å². The largest absolute Gasteiger partial charge is 0.492 e. The number of amides is 2. The second-order valence-corrected chi connectivity index (χ2v) is 8.76. The van der Waals surface area contributed by atoms with Crippen LogP contribution in [-0.4, -0.2) is 42.4 Å². The Bertz CT molecular complexity index is 964. The van der Waals surface area contributed by atoms with Crippen LogP contribution in [0.5, 0.6) is 17.2 Å². The second-order valence-electron chi connectivity index (χ2n) is 6.61. The summed E-state index contributed by atoms with van der Waals surface area (Å²) in [6.07, 6.45) is 2.61. The molecule has 0 spiro atoms. The molecule has 164 valence electrons. The Morgan fingerprint density at radius 2 is 1.81 bits per heavy atom. The lowest BCUT2D eigenvalue weighted by Gasteiger charge is -2.14. The van der Waals surface area contributed by atoms with Crippen molar-refractivity contribution in [2.45, 2.75) is 20.3 Å². The molecule has 1 saturated heterocycles. The van der Waals surface area contributed by atoms with Gasteiger partial charge in [-0.2, -0.15) is 0 Å². The molecule has 0 unspecified atom stereocenters. The Hall–Kier alpha value is -2.20. The van der Waals surface area contributed by atoms with Crippen molar-refractivity contribution in [3.63, 3.8) is 0 Å². The van der Waals surface area contributed by atoms with Gasteiger partial charge in [-0.1, -0.05) is 25.1 Å². The fourth-order valence-corrected chi connectivity index (χ4v) is 4.54. The summed E-state index contributed by atoms with van der Waals surface area (Å²) < 4.78 is 18.1. The molecule has 2 aromatic rings. The Morgan fingerprint density at radius 1 is 1.03 bits per heavy atom. The van der Waals surface area contributed by atoms with Crippen LogP contribution in [0, 0.1) is 3.57 Å². The molecule has 0 aromatic heterocycles. The lowest BCUT2D eigenvalue weighted by molar-refractivity contribution is -0.123. The Morgan fingerprint density at radius 3 is 2.52 bits per heavy atom. The highest BCUT2D eigenvalue weighted by molar-refractivity contribution is 14.1. The van der Waals surface area contributed by atoms with Crippen molar-refractivity contribution in [1.82, 2.24) is 4.90 Å². The maximum Gasteiger partial charge on any atom is 0.293 e. The van der Waals surface area contributed by atoms with Crippen LogP contribution in [0.2, 0.25) is 0 Å². The monoisotopic (exact) mass is 553 g/mol. The average molecular weight is 553 g/mol. The van der Waals surface area contributed by atoms with Gasteiger partial charge >= 0.3 is 0 Å². The van der Waals surface area contributed by atoms with Gasteiger partial charge in [-0.15, -0.1) is 0 Å². The lowest BCUT2D eigenvalue weighted by Crippen LogP contribution is -2.32. The third-order valence-corrected chi connectivity index (χ3v) is 5.99. The number of para-hydroxylation sites is 1. The normalized spacial score (nSPS) is 14.9. The van der Waals surface area contributed by atoms with E-state index in [4.69, 9.17) is 14.2 Å². The van der Waals surface area contributed by atoms with Gasteiger partial charge in [-0.05, 0) is 83.6 Å². The first-order valence-electron chi connectivity index (χ1n) is 10.1. The number of hydrogen-bond donors (Lipinski definition) is 0. The van der Waals surface area contributed by atoms with E-state index in [1.165, 1.54) is 4.90 Å². The number of halogens is 1. The summed E-state index contributed by atoms with van der Waals surface area (Å²) in [7, 11) is 0. The number of hydrogen-bond acceptors (Lipinski definition) is 6. The summed E-state index contributed by atoms with van der Waals surface area (Å²) in [5.41, 5.74) is 0.780. The van der Waals surface area contributed by atoms with Crippen LogP contribution in [0.25, 0.3) is 6.08 Å². The van der Waals surface area contributed by atoms with Gasteiger partial charge in [0, 0.05) is 0 Å². The van der Waals surface area contributed by atoms with Crippen LogP contribution >= 0.6 is 34.4 Å². The number of benzene rings is 2. The minimum atomic E-state index is -0.314. The molecule has 0 bridgehead atoms. The van der Waals surface area contributed by atoms with Crippen LogP contribution in [-0.2, 0) is 4.79 Å². The van der Waals surface area contributed by atoms with E-state index < -0.39 is 0 Å². The van der Waals surface area contributed by atoms with Crippen molar-refractivity contribution in [2.75, 3.05) is 26.4 Å². The van der Waals surface area contributed by atoms with Crippen molar-refractivity contribution in [3.05, 3.63) is 56.5 Å². The Kier molecular flexibility index (Phi) is 8.65.